The second kappa shape index (κ2) is 22.9. The maximum absolute atomic E-state index is 17.3. The molecule has 8 heterocycles. The SMILES string of the molecule is C#Cc1c(F)ccc2cc(O)cc(-c3ncc4c(N5CC6CCC(C5)N6C(=O)OC(C)(C)C)nc(OCCN5CCC(COc6cc(CC(=O)N7CCCC7C(=O)NC(C)c7ccc(-c8scnc8C)cc7)on6)CC5)nc4c3F)c12. The van der Waals surface area contributed by atoms with E-state index in [0.29, 0.717) is 67.4 Å². The second-order valence-electron chi connectivity index (χ2n) is 22.5. The molecular formula is C60H64F2N10O8S. The van der Waals surface area contributed by atoms with Crippen LogP contribution >= 0.6 is 11.3 Å². The van der Waals surface area contributed by atoms with Gasteiger partial charge in [-0.3, -0.25) is 24.4 Å². The van der Waals surface area contributed by atoms with Crippen molar-refractivity contribution in [2.24, 2.45) is 5.92 Å². The summed E-state index contributed by atoms with van der Waals surface area (Å²) in [5.74, 6) is 1.56. The highest BCUT2D eigenvalue weighted by molar-refractivity contribution is 7.13. The van der Waals surface area contributed by atoms with Crippen molar-refractivity contribution in [3.05, 3.63) is 101 Å². The quantitative estimate of drug-likeness (QED) is 0.0919. The molecule has 4 unspecified atom stereocenters. The third kappa shape index (κ3) is 11.7. The molecule has 0 aliphatic carbocycles. The highest BCUT2D eigenvalue weighted by Crippen LogP contribution is 2.41. The van der Waals surface area contributed by atoms with Gasteiger partial charge in [0, 0.05) is 49.4 Å². The molecule has 2 N–H and O–H groups in total. The molecule has 4 aliphatic heterocycles. The lowest BCUT2D eigenvalue weighted by atomic mass is 9.96. The number of phenolic OH excluding ortho intramolecular Hbond substituents is 1. The van der Waals surface area contributed by atoms with Gasteiger partial charge < -0.3 is 39.0 Å². The van der Waals surface area contributed by atoms with Gasteiger partial charge in [-0.05, 0) is 132 Å². The van der Waals surface area contributed by atoms with E-state index in [4.69, 9.17) is 30.1 Å². The lowest BCUT2D eigenvalue weighted by Gasteiger charge is -2.42. The van der Waals surface area contributed by atoms with Crippen LogP contribution in [0.25, 0.3) is 43.4 Å². The molecule has 21 heteroatoms. The molecule has 4 aromatic heterocycles. The van der Waals surface area contributed by atoms with Gasteiger partial charge in [0.15, 0.2) is 5.82 Å². The number of carbonyl (C=O) groups excluding carboxylic acids is 3. The van der Waals surface area contributed by atoms with E-state index in [1.807, 2.05) is 74.2 Å². The highest BCUT2D eigenvalue weighted by atomic mass is 32.1. The summed E-state index contributed by atoms with van der Waals surface area (Å²) in [5, 5.41) is 18.9. The van der Waals surface area contributed by atoms with Crippen molar-refractivity contribution < 1.29 is 47.0 Å². The Kier molecular flexibility index (Phi) is 15.5. The van der Waals surface area contributed by atoms with Gasteiger partial charge in [-0.2, -0.15) is 9.97 Å². The number of aryl methyl sites for hydroxylation is 1. The number of benzene rings is 3. The number of aromatic nitrogens is 5. The number of anilines is 1. The minimum Gasteiger partial charge on any atom is -0.508 e. The molecule has 3 amide bonds. The average Bonchev–Trinajstić information content (AvgIpc) is 4.33. The smallest absolute Gasteiger partial charge is 0.410 e. The number of piperazine rings is 1. The summed E-state index contributed by atoms with van der Waals surface area (Å²) in [7, 11) is 0. The molecule has 0 radical (unpaired) electrons. The fourth-order valence-corrected chi connectivity index (χ4v) is 12.5. The molecule has 4 fully saturated rings. The van der Waals surface area contributed by atoms with E-state index in [1.54, 1.807) is 22.3 Å². The van der Waals surface area contributed by atoms with Crippen molar-refractivity contribution >= 4 is 56.7 Å². The lowest BCUT2D eigenvalue weighted by molar-refractivity contribution is -0.138. The molecule has 4 aliphatic rings. The Labute approximate surface area is 471 Å². The molecule has 0 saturated carbocycles. The van der Waals surface area contributed by atoms with Crippen LogP contribution in [0.2, 0.25) is 0 Å². The van der Waals surface area contributed by atoms with Crippen LogP contribution < -0.4 is 19.7 Å². The molecule has 0 spiro atoms. The molecule has 11 rings (SSSR count). The minimum atomic E-state index is -0.834. The molecule has 2 bridgehead atoms. The first-order valence-corrected chi connectivity index (χ1v) is 28.4. The van der Waals surface area contributed by atoms with Crippen molar-refractivity contribution in [2.45, 2.75) is 109 Å². The van der Waals surface area contributed by atoms with E-state index in [2.05, 4.69) is 36.2 Å². The van der Waals surface area contributed by atoms with Crippen LogP contribution in [-0.2, 0) is 20.7 Å². The zero-order valence-corrected chi connectivity index (χ0v) is 46.7. The first kappa shape index (κ1) is 55.0. The molecule has 7 aromatic rings. The first-order valence-electron chi connectivity index (χ1n) is 27.6. The number of thiazole rings is 1. The summed E-state index contributed by atoms with van der Waals surface area (Å²) < 4.78 is 56.0. The molecule has 81 heavy (non-hydrogen) atoms. The summed E-state index contributed by atoms with van der Waals surface area (Å²) in [6.07, 6.45) is 11.3. The van der Waals surface area contributed by atoms with Crippen LogP contribution in [-0.4, -0.2) is 139 Å². The van der Waals surface area contributed by atoms with Crippen LogP contribution in [0.1, 0.15) is 94.8 Å². The predicted molar refractivity (Wildman–Crippen MR) is 301 cm³/mol. The number of nitrogens with one attached hydrogen (secondary N) is 1. The number of ether oxygens (including phenoxy) is 3. The van der Waals surface area contributed by atoms with Crippen LogP contribution in [0.4, 0.5) is 19.4 Å². The first-order chi connectivity index (χ1) is 39.0. The molecule has 4 saturated heterocycles. The fraction of sp³-hybridized carbons (Fsp3) is 0.433. The maximum atomic E-state index is 17.3. The number of phenols is 1. The third-order valence-corrected chi connectivity index (χ3v) is 16.8. The highest BCUT2D eigenvalue weighted by Gasteiger charge is 2.45. The number of fused-ring (bicyclic) bond motifs is 4. The molecule has 422 valence electrons. The Morgan fingerprint density at radius 1 is 0.963 bits per heavy atom. The Hall–Kier alpha value is -7.96. The van der Waals surface area contributed by atoms with Gasteiger partial charge in [0.1, 0.15) is 52.6 Å². The maximum Gasteiger partial charge on any atom is 0.410 e. The predicted octanol–water partition coefficient (Wildman–Crippen LogP) is 9.40. The van der Waals surface area contributed by atoms with Crippen molar-refractivity contribution in [3.63, 3.8) is 0 Å². The molecule has 4 atom stereocenters. The van der Waals surface area contributed by atoms with Crippen molar-refractivity contribution in [3.8, 4) is 51.7 Å². The van der Waals surface area contributed by atoms with Gasteiger partial charge >= 0.3 is 12.1 Å². The summed E-state index contributed by atoms with van der Waals surface area (Å²) in [6, 6.07) is 13.9. The van der Waals surface area contributed by atoms with Crippen LogP contribution in [0.5, 0.6) is 17.6 Å². The number of terminal acetylenes is 1. The van der Waals surface area contributed by atoms with E-state index >= 15 is 8.78 Å². The fourth-order valence-electron chi connectivity index (χ4n) is 11.7. The average molecular weight is 1120 g/mol. The Bertz CT molecular complexity index is 3540. The van der Waals surface area contributed by atoms with Gasteiger partial charge in [-0.25, -0.2) is 18.6 Å². The zero-order chi connectivity index (χ0) is 56.7. The summed E-state index contributed by atoms with van der Waals surface area (Å²) >= 11 is 1.59. The number of amides is 3. The number of pyridine rings is 1. The van der Waals surface area contributed by atoms with Gasteiger partial charge in [0.05, 0.1) is 58.2 Å². The van der Waals surface area contributed by atoms with Crippen LogP contribution in [0, 0.1) is 36.8 Å². The summed E-state index contributed by atoms with van der Waals surface area (Å²) in [5.41, 5.74) is 3.92. The molecule has 18 nitrogen and oxygen atoms in total. The van der Waals surface area contributed by atoms with Crippen LogP contribution in [0.15, 0.2) is 70.8 Å². The van der Waals surface area contributed by atoms with Gasteiger partial charge in [-0.1, -0.05) is 36.3 Å². The summed E-state index contributed by atoms with van der Waals surface area (Å²) in [4.78, 5) is 67.7. The number of piperidine rings is 1. The number of hydrogen-bond donors (Lipinski definition) is 2. The lowest BCUT2D eigenvalue weighted by Crippen LogP contribution is -2.57. The normalized spacial score (nSPS) is 19.0. The van der Waals surface area contributed by atoms with E-state index < -0.39 is 23.3 Å². The standard InChI is InChI=1S/C60H64F2N10O8S/c1-7-44-47(61)17-14-39-25-42(73)26-45(51(39)44)53-52(62)54-46(29-63-53)56(70-30-40-15-16-41(31-70)72(40)59(76)79-60(4,5)6)67-58(66-54)77-24-23-69-21-18-36(19-22-69)32-78-49-27-43(80-68-49)28-50(74)71-20-8-9-48(71)57(75)65-34(2)37-10-12-38(13-11-37)55-35(3)64-33-81-55/h1,10-14,17,25-27,29,33-34,36,40-41,48,73H,8-9,15-16,18-24,28,30-32H2,2-6H3,(H,65,75). The zero-order valence-electron chi connectivity index (χ0n) is 45.9. The van der Waals surface area contributed by atoms with E-state index in [-0.39, 0.29) is 94.5 Å². The third-order valence-electron chi connectivity index (χ3n) is 15.8. The van der Waals surface area contributed by atoms with Crippen molar-refractivity contribution in [1.29, 1.82) is 0 Å². The number of carbonyl (C=O) groups is 3. The molecular weight excluding hydrogens is 1060 g/mol. The Morgan fingerprint density at radius 2 is 1.73 bits per heavy atom. The molecule has 3 aromatic carbocycles. The summed E-state index contributed by atoms with van der Waals surface area (Å²) in [6.45, 7) is 13.4. The van der Waals surface area contributed by atoms with Gasteiger partial charge in [0.2, 0.25) is 11.8 Å². The van der Waals surface area contributed by atoms with Crippen LogP contribution in [0.3, 0.4) is 0 Å². The van der Waals surface area contributed by atoms with E-state index in [9.17, 15) is 19.5 Å². The van der Waals surface area contributed by atoms with Gasteiger partial charge in [0.25, 0.3) is 5.88 Å². The monoisotopic (exact) mass is 1120 g/mol. The number of nitrogens with zero attached hydrogens (tertiary/aromatic N) is 9. The van der Waals surface area contributed by atoms with Crippen molar-refractivity contribution in [2.75, 3.05) is 57.4 Å². The largest absolute Gasteiger partial charge is 0.508 e. The second-order valence-corrected chi connectivity index (χ2v) is 23.3. The van der Waals surface area contributed by atoms with Gasteiger partial charge in [-0.15, -0.1) is 17.8 Å². The topological polar surface area (TPSA) is 202 Å². The van der Waals surface area contributed by atoms with E-state index in [0.717, 1.165) is 66.9 Å². The minimum absolute atomic E-state index is 0.0478. The number of halogens is 2. The number of hydrogen-bond acceptors (Lipinski definition) is 16. The number of rotatable bonds is 15. The Balaban J connectivity index is 0.703. The van der Waals surface area contributed by atoms with Crippen molar-refractivity contribution in [1.82, 2.24) is 45.1 Å². The number of aromatic hydroxyl groups is 1. The Morgan fingerprint density at radius 3 is 2.44 bits per heavy atom. The van der Waals surface area contributed by atoms with E-state index in [1.165, 1.54) is 30.5 Å². The number of likely N-dealkylation sites (tertiary alicyclic amines) is 2.